The van der Waals surface area contributed by atoms with Gasteiger partial charge >= 0.3 is 6.03 Å². The summed E-state index contributed by atoms with van der Waals surface area (Å²) in [4.78, 5) is 14.4. The summed E-state index contributed by atoms with van der Waals surface area (Å²) in [6, 6.07) is 7.75. The average Bonchev–Trinajstić information content (AvgIpc) is 3.14. The second-order valence-electron chi connectivity index (χ2n) is 6.89. The van der Waals surface area contributed by atoms with E-state index < -0.39 is 0 Å². The maximum atomic E-state index is 12.2. The number of piperidine rings is 1. The van der Waals surface area contributed by atoms with Gasteiger partial charge in [-0.1, -0.05) is 25.0 Å². The quantitative estimate of drug-likeness (QED) is 0.678. The first kappa shape index (κ1) is 18.4. The highest BCUT2D eigenvalue weighted by Gasteiger charge is 2.20. The molecule has 0 atom stereocenters. The van der Waals surface area contributed by atoms with Gasteiger partial charge in [-0.2, -0.15) is 11.8 Å². The lowest BCUT2D eigenvalue weighted by Crippen LogP contribution is -2.37. The molecule has 5 nitrogen and oxygen atoms in total. The van der Waals surface area contributed by atoms with Crippen molar-refractivity contribution in [3.8, 4) is 0 Å². The molecule has 1 aliphatic heterocycles. The van der Waals surface area contributed by atoms with Gasteiger partial charge in [-0.3, -0.25) is 0 Å². The van der Waals surface area contributed by atoms with E-state index in [1.165, 1.54) is 25.7 Å². The van der Waals surface area contributed by atoms with E-state index in [9.17, 15) is 9.90 Å². The summed E-state index contributed by atoms with van der Waals surface area (Å²) in [5.41, 5.74) is 1.87. The van der Waals surface area contributed by atoms with E-state index in [4.69, 9.17) is 0 Å². The van der Waals surface area contributed by atoms with Gasteiger partial charge in [-0.25, -0.2) is 4.79 Å². The Hall–Kier alpha value is -1.40. The highest BCUT2D eigenvalue weighted by molar-refractivity contribution is 7.99. The van der Waals surface area contributed by atoms with Crippen molar-refractivity contribution in [2.75, 3.05) is 35.6 Å². The number of nitrogens with zero attached hydrogens (tertiary/aromatic N) is 1. The topological polar surface area (TPSA) is 64.6 Å². The second-order valence-corrected chi connectivity index (χ2v) is 8.30. The fourth-order valence-corrected chi connectivity index (χ4v) is 4.79. The Morgan fingerprint density at radius 2 is 1.88 bits per heavy atom. The van der Waals surface area contributed by atoms with Gasteiger partial charge in [0.1, 0.15) is 0 Å². The Kier molecular flexibility index (Phi) is 6.87. The van der Waals surface area contributed by atoms with Gasteiger partial charge in [0.25, 0.3) is 0 Å². The van der Waals surface area contributed by atoms with E-state index in [1.807, 2.05) is 36.0 Å². The van der Waals surface area contributed by atoms with Crippen molar-refractivity contribution in [2.45, 2.75) is 49.9 Å². The molecule has 25 heavy (non-hydrogen) atoms. The zero-order valence-electron chi connectivity index (χ0n) is 14.7. The lowest BCUT2D eigenvalue weighted by Gasteiger charge is -2.32. The molecule has 0 spiro atoms. The van der Waals surface area contributed by atoms with Crippen molar-refractivity contribution >= 4 is 29.2 Å². The highest BCUT2D eigenvalue weighted by atomic mass is 32.2. The number of aliphatic hydroxyl groups excluding tert-OH is 1. The number of rotatable bonds is 6. The molecule has 138 valence electrons. The number of carbonyl (C=O) groups is 1. The van der Waals surface area contributed by atoms with Crippen LogP contribution in [0.15, 0.2) is 24.3 Å². The van der Waals surface area contributed by atoms with E-state index in [1.54, 1.807) is 0 Å². The maximum Gasteiger partial charge on any atom is 0.319 e. The van der Waals surface area contributed by atoms with E-state index in [2.05, 4.69) is 15.5 Å². The normalized spacial score (nSPS) is 19.2. The van der Waals surface area contributed by atoms with Crippen LogP contribution in [-0.2, 0) is 0 Å². The molecule has 2 aliphatic rings. The number of hydrogen-bond acceptors (Lipinski definition) is 4. The fraction of sp³-hybridized carbons (Fsp3) is 0.632. The van der Waals surface area contributed by atoms with Gasteiger partial charge in [0.2, 0.25) is 0 Å². The SMILES string of the molecule is O=C(NCCSC1CCCC1)Nc1ccccc1N1CCC(O)CC1. The van der Waals surface area contributed by atoms with E-state index in [0.717, 1.165) is 48.3 Å². The molecule has 0 bridgehead atoms. The first-order valence-corrected chi connectivity index (χ1v) is 10.5. The van der Waals surface area contributed by atoms with Gasteiger partial charge in [-0.05, 0) is 37.8 Å². The molecule has 2 amide bonds. The van der Waals surface area contributed by atoms with Crippen LogP contribution in [0.5, 0.6) is 0 Å². The highest BCUT2D eigenvalue weighted by Crippen LogP contribution is 2.29. The lowest BCUT2D eigenvalue weighted by molar-refractivity contribution is 0.145. The number of thioether (sulfide) groups is 1. The molecule has 1 aromatic carbocycles. The smallest absolute Gasteiger partial charge is 0.319 e. The van der Waals surface area contributed by atoms with Crippen molar-refractivity contribution in [1.82, 2.24) is 5.32 Å². The van der Waals surface area contributed by atoms with Crippen molar-refractivity contribution in [1.29, 1.82) is 0 Å². The van der Waals surface area contributed by atoms with Crippen molar-refractivity contribution in [3.63, 3.8) is 0 Å². The van der Waals surface area contributed by atoms with Crippen LogP contribution in [0.3, 0.4) is 0 Å². The van der Waals surface area contributed by atoms with Crippen LogP contribution in [0.25, 0.3) is 0 Å². The fourth-order valence-electron chi connectivity index (χ4n) is 3.57. The van der Waals surface area contributed by atoms with Crippen molar-refractivity contribution in [3.05, 3.63) is 24.3 Å². The van der Waals surface area contributed by atoms with Crippen molar-refractivity contribution < 1.29 is 9.90 Å². The molecule has 1 saturated carbocycles. The molecular weight excluding hydrogens is 334 g/mol. The number of nitrogens with one attached hydrogen (secondary N) is 2. The summed E-state index contributed by atoms with van der Waals surface area (Å²) in [5, 5.41) is 16.4. The van der Waals surface area contributed by atoms with Gasteiger partial charge in [0, 0.05) is 30.6 Å². The Balaban J connectivity index is 1.46. The third kappa shape index (κ3) is 5.54. The number of urea groups is 1. The minimum atomic E-state index is -0.197. The molecule has 3 N–H and O–H groups in total. The maximum absolute atomic E-state index is 12.2. The predicted octanol–water partition coefficient (Wildman–Crippen LogP) is 3.45. The summed E-state index contributed by atoms with van der Waals surface area (Å²) in [6.07, 6.45) is 6.73. The largest absolute Gasteiger partial charge is 0.393 e. The van der Waals surface area contributed by atoms with Crippen LogP contribution in [0.1, 0.15) is 38.5 Å². The minimum Gasteiger partial charge on any atom is -0.393 e. The lowest BCUT2D eigenvalue weighted by atomic mass is 10.1. The van der Waals surface area contributed by atoms with Crippen molar-refractivity contribution in [2.24, 2.45) is 0 Å². The molecule has 6 heteroatoms. The number of anilines is 2. The molecular formula is C19H29N3O2S. The van der Waals surface area contributed by atoms with Crippen LogP contribution in [0.4, 0.5) is 16.2 Å². The van der Waals surface area contributed by atoms with Crippen LogP contribution in [0, 0.1) is 0 Å². The summed E-state index contributed by atoms with van der Waals surface area (Å²) in [6.45, 7) is 2.34. The molecule has 1 heterocycles. The van der Waals surface area contributed by atoms with Gasteiger partial charge in [0.05, 0.1) is 17.5 Å². The van der Waals surface area contributed by atoms with Gasteiger partial charge < -0.3 is 20.6 Å². The van der Waals surface area contributed by atoms with E-state index >= 15 is 0 Å². The summed E-state index contributed by atoms with van der Waals surface area (Å²) in [5.74, 6) is 0.976. The average molecular weight is 364 g/mol. The molecule has 1 aliphatic carbocycles. The van der Waals surface area contributed by atoms with E-state index in [-0.39, 0.29) is 12.1 Å². The van der Waals surface area contributed by atoms with E-state index in [0.29, 0.717) is 6.54 Å². The molecule has 0 unspecified atom stereocenters. The number of carbonyl (C=O) groups excluding carboxylic acids is 1. The van der Waals surface area contributed by atoms with Gasteiger partial charge in [-0.15, -0.1) is 0 Å². The number of hydrogen-bond donors (Lipinski definition) is 3. The Bertz CT molecular complexity index is 555. The molecule has 1 aromatic rings. The molecule has 0 radical (unpaired) electrons. The third-order valence-electron chi connectivity index (χ3n) is 5.00. The minimum absolute atomic E-state index is 0.142. The van der Waals surface area contributed by atoms with Gasteiger partial charge in [0.15, 0.2) is 0 Å². The first-order chi connectivity index (χ1) is 12.2. The van der Waals surface area contributed by atoms with Crippen LogP contribution >= 0.6 is 11.8 Å². The number of para-hydroxylation sites is 2. The molecule has 3 rings (SSSR count). The Morgan fingerprint density at radius 3 is 2.64 bits per heavy atom. The monoisotopic (exact) mass is 363 g/mol. The zero-order chi connectivity index (χ0) is 17.5. The standard InChI is InChI=1S/C19H29N3O2S/c23-15-9-12-22(13-10-15)18-8-4-3-7-17(18)21-19(24)20-11-14-25-16-5-1-2-6-16/h3-4,7-8,15-16,23H,1-2,5-6,9-14H2,(H2,20,21,24). The molecule has 0 aromatic heterocycles. The van der Waals surface area contributed by atoms with Crippen LogP contribution in [-0.4, -0.2) is 47.9 Å². The predicted molar refractivity (Wildman–Crippen MR) is 106 cm³/mol. The number of benzene rings is 1. The second kappa shape index (κ2) is 9.34. The van der Waals surface area contributed by atoms with Crippen LogP contribution in [0.2, 0.25) is 0 Å². The number of aliphatic hydroxyl groups is 1. The molecule has 2 fully saturated rings. The summed E-state index contributed by atoms with van der Waals surface area (Å²) >= 11 is 1.98. The van der Waals surface area contributed by atoms with Crippen LogP contribution < -0.4 is 15.5 Å². The molecule has 1 saturated heterocycles. The summed E-state index contributed by atoms with van der Waals surface area (Å²) < 4.78 is 0. The third-order valence-corrected chi connectivity index (χ3v) is 6.38. The summed E-state index contributed by atoms with van der Waals surface area (Å²) in [7, 11) is 0. The first-order valence-electron chi connectivity index (χ1n) is 9.41. The number of amides is 2. The zero-order valence-corrected chi connectivity index (χ0v) is 15.6. The Morgan fingerprint density at radius 1 is 1.16 bits per heavy atom. The Labute approximate surface area is 154 Å².